The van der Waals surface area contributed by atoms with Crippen LogP contribution in [0.15, 0.2) is 85.2 Å². The van der Waals surface area contributed by atoms with Gasteiger partial charge < -0.3 is 4.90 Å². The van der Waals surface area contributed by atoms with Crippen molar-refractivity contribution in [2.24, 2.45) is 11.8 Å². The Labute approximate surface area is 245 Å². The van der Waals surface area contributed by atoms with Gasteiger partial charge in [0, 0.05) is 74.4 Å². The lowest BCUT2D eigenvalue weighted by Gasteiger charge is -2.35. The first-order chi connectivity index (χ1) is 20.2. The van der Waals surface area contributed by atoms with Crippen molar-refractivity contribution in [3.63, 3.8) is 0 Å². The number of rotatable bonds is 8. The van der Waals surface area contributed by atoms with Crippen LogP contribution in [0.4, 0.5) is 0 Å². The van der Waals surface area contributed by atoms with Crippen molar-refractivity contribution in [1.82, 2.24) is 24.1 Å². The third-order valence-electron chi connectivity index (χ3n) is 8.65. The maximum Gasteiger partial charge on any atom is 0.263 e. The summed E-state index contributed by atoms with van der Waals surface area (Å²) in [5, 5.41) is 9.17. The fraction of sp³-hybridized carbons (Fsp3) is 0.323. The molecular formula is C31H30N6O4S. The number of pyridine rings is 2. The summed E-state index contributed by atoms with van der Waals surface area (Å²) in [7, 11) is -1.55. The van der Waals surface area contributed by atoms with Crippen molar-refractivity contribution in [3.05, 3.63) is 107 Å². The predicted molar refractivity (Wildman–Crippen MR) is 154 cm³/mol. The highest BCUT2D eigenvalue weighted by molar-refractivity contribution is 7.89. The molecule has 3 aromatic rings. The van der Waals surface area contributed by atoms with Crippen LogP contribution in [0.5, 0.6) is 0 Å². The van der Waals surface area contributed by atoms with Gasteiger partial charge in [-0.05, 0) is 66.1 Å². The highest BCUT2D eigenvalue weighted by Crippen LogP contribution is 2.56. The molecule has 214 valence electrons. The molecule has 10 nitrogen and oxygen atoms in total. The number of hydrogen-bond donors (Lipinski definition) is 0. The Morgan fingerprint density at radius 3 is 2.05 bits per heavy atom. The molecule has 6 rings (SSSR count). The highest BCUT2D eigenvalue weighted by Gasteiger charge is 2.67. The summed E-state index contributed by atoms with van der Waals surface area (Å²) in [6.07, 6.45) is 8.55. The largest absolute Gasteiger partial charge is 0.339 e. The molecule has 2 aromatic heterocycles. The van der Waals surface area contributed by atoms with E-state index in [0.29, 0.717) is 47.6 Å². The van der Waals surface area contributed by atoms with E-state index in [1.54, 1.807) is 85.3 Å². The number of fused-ring (bicyclic) bond motifs is 1. The standard InChI is InChI=1S/C31H30N6O4S/c1-3-16-42(40,41)36-19-25-26(20-36)29(25)37-28(17-27(38)22-6-4-21(18-32)5-7-22)35(2)31(30(37)39,23-8-12-33-13-9-23)24-10-14-34-15-11-24/h4-15,17,25-26,29H,3,16,19-20H2,1-2H3/t25-,26-/m0/s1. The van der Waals surface area contributed by atoms with Crippen LogP contribution >= 0.6 is 0 Å². The molecule has 1 saturated carbocycles. The van der Waals surface area contributed by atoms with Crippen LogP contribution in [-0.4, -0.2) is 76.1 Å². The Bertz CT molecular complexity index is 1650. The van der Waals surface area contributed by atoms with Crippen LogP contribution in [0.3, 0.4) is 0 Å². The van der Waals surface area contributed by atoms with E-state index in [1.807, 2.05) is 11.8 Å². The molecule has 1 aromatic carbocycles. The minimum Gasteiger partial charge on any atom is -0.339 e. The highest BCUT2D eigenvalue weighted by atomic mass is 32.2. The molecule has 0 spiro atoms. The van der Waals surface area contributed by atoms with Gasteiger partial charge in [-0.25, -0.2) is 12.7 Å². The molecule has 2 saturated heterocycles. The number of aromatic nitrogens is 2. The molecule has 0 radical (unpaired) electrons. The van der Waals surface area contributed by atoms with Gasteiger partial charge in [0.15, 0.2) is 11.3 Å². The van der Waals surface area contributed by atoms with Crippen LogP contribution < -0.4 is 0 Å². The van der Waals surface area contributed by atoms with Gasteiger partial charge in [0.25, 0.3) is 5.91 Å². The van der Waals surface area contributed by atoms with Crippen molar-refractivity contribution in [2.45, 2.75) is 24.9 Å². The molecule has 1 aliphatic carbocycles. The average molecular weight is 583 g/mol. The molecule has 3 fully saturated rings. The number of hydrogen-bond acceptors (Lipinski definition) is 8. The van der Waals surface area contributed by atoms with Gasteiger partial charge in [0.2, 0.25) is 10.0 Å². The summed E-state index contributed by atoms with van der Waals surface area (Å²) < 4.78 is 27.1. The maximum atomic E-state index is 14.9. The number of ketones is 1. The van der Waals surface area contributed by atoms with Crippen molar-refractivity contribution in [3.8, 4) is 6.07 Å². The Morgan fingerprint density at radius 2 is 1.55 bits per heavy atom. The van der Waals surface area contributed by atoms with E-state index in [1.165, 1.54) is 10.4 Å². The van der Waals surface area contributed by atoms with Gasteiger partial charge in [-0.1, -0.05) is 6.92 Å². The third kappa shape index (κ3) is 4.30. The number of benzene rings is 1. The van der Waals surface area contributed by atoms with E-state index < -0.39 is 15.6 Å². The molecular weight excluding hydrogens is 552 g/mol. The van der Waals surface area contributed by atoms with Gasteiger partial charge in [0.1, 0.15) is 5.82 Å². The van der Waals surface area contributed by atoms with Crippen LogP contribution in [0.1, 0.15) is 40.4 Å². The summed E-state index contributed by atoms with van der Waals surface area (Å²) in [6.45, 7) is 2.54. The van der Waals surface area contributed by atoms with Gasteiger partial charge in [-0.2, -0.15) is 5.26 Å². The lowest BCUT2D eigenvalue weighted by molar-refractivity contribution is -0.132. The molecule has 2 aliphatic heterocycles. The first-order valence-corrected chi connectivity index (χ1v) is 15.5. The van der Waals surface area contributed by atoms with Crippen molar-refractivity contribution < 1.29 is 18.0 Å². The summed E-state index contributed by atoms with van der Waals surface area (Å²) in [5.74, 6) is -0.0626. The van der Waals surface area contributed by atoms with Crippen LogP contribution in [0.2, 0.25) is 0 Å². The quantitative estimate of drug-likeness (QED) is 0.293. The second-order valence-electron chi connectivity index (χ2n) is 10.9. The third-order valence-corrected chi connectivity index (χ3v) is 10.7. The van der Waals surface area contributed by atoms with Crippen LogP contribution in [0, 0.1) is 23.2 Å². The lowest BCUT2D eigenvalue weighted by atomic mass is 9.82. The number of piperidine rings is 1. The zero-order chi connectivity index (χ0) is 29.6. The second-order valence-corrected chi connectivity index (χ2v) is 13.0. The van der Waals surface area contributed by atoms with E-state index in [4.69, 9.17) is 5.26 Å². The minimum absolute atomic E-state index is 0.0342. The van der Waals surface area contributed by atoms with Gasteiger partial charge >= 0.3 is 0 Å². The molecule has 1 amide bonds. The fourth-order valence-corrected chi connectivity index (χ4v) is 8.13. The average Bonchev–Trinajstić information content (AvgIpc) is 3.36. The van der Waals surface area contributed by atoms with E-state index >= 15 is 0 Å². The van der Waals surface area contributed by atoms with Gasteiger partial charge in [-0.15, -0.1) is 0 Å². The molecule has 42 heavy (non-hydrogen) atoms. The number of carbonyl (C=O) groups is 2. The normalized spacial score (nSPS) is 24.1. The molecule has 2 atom stereocenters. The number of nitrogens with zero attached hydrogens (tertiary/aromatic N) is 6. The smallest absolute Gasteiger partial charge is 0.263 e. The van der Waals surface area contributed by atoms with Crippen LogP contribution in [-0.2, 0) is 20.4 Å². The van der Waals surface area contributed by atoms with E-state index in [9.17, 15) is 18.0 Å². The predicted octanol–water partition coefficient (Wildman–Crippen LogP) is 2.76. The van der Waals surface area contributed by atoms with Crippen LogP contribution in [0.25, 0.3) is 0 Å². The number of nitriles is 1. The van der Waals surface area contributed by atoms with E-state index in [-0.39, 0.29) is 35.3 Å². The number of carbonyl (C=O) groups excluding carboxylic acids is 2. The van der Waals surface area contributed by atoms with Gasteiger partial charge in [0.05, 0.1) is 17.4 Å². The van der Waals surface area contributed by atoms with Crippen molar-refractivity contribution >= 4 is 21.7 Å². The Balaban J connectivity index is 1.45. The topological polar surface area (TPSA) is 128 Å². The van der Waals surface area contributed by atoms with E-state index in [0.717, 1.165) is 0 Å². The molecule has 0 bridgehead atoms. The summed E-state index contributed by atoms with van der Waals surface area (Å²) in [6, 6.07) is 15.4. The summed E-state index contributed by atoms with van der Waals surface area (Å²) in [5.41, 5.74) is 0.909. The SMILES string of the molecule is CCCS(=O)(=O)N1C[C@@H]2C(N3C(=O)C(c4ccncc4)(c4ccncc4)N(C)C3=CC(=O)c3ccc(C#N)cc3)[C@H]2C1. The number of likely N-dealkylation sites (N-methyl/N-ethyl adjacent to an activating group) is 1. The lowest BCUT2D eigenvalue weighted by Crippen LogP contribution is -2.46. The summed E-state index contributed by atoms with van der Waals surface area (Å²) >= 11 is 0. The Hall–Kier alpha value is -4.40. The summed E-state index contributed by atoms with van der Waals surface area (Å²) in [4.78, 5) is 40.3. The fourth-order valence-electron chi connectivity index (χ4n) is 6.56. The molecule has 4 heterocycles. The number of allylic oxidation sites excluding steroid dienone is 1. The molecule has 11 heteroatoms. The zero-order valence-electron chi connectivity index (χ0n) is 23.3. The first-order valence-electron chi connectivity index (χ1n) is 13.9. The van der Waals surface area contributed by atoms with Crippen molar-refractivity contribution in [2.75, 3.05) is 25.9 Å². The zero-order valence-corrected chi connectivity index (χ0v) is 24.1. The second kappa shape index (κ2) is 10.5. The monoisotopic (exact) mass is 582 g/mol. The number of amides is 1. The first kappa shape index (κ1) is 27.8. The Kier molecular flexibility index (Phi) is 6.91. The minimum atomic E-state index is -3.35. The molecule has 0 unspecified atom stereocenters. The Morgan fingerprint density at radius 1 is 1.00 bits per heavy atom. The molecule has 3 aliphatic rings. The van der Waals surface area contributed by atoms with Gasteiger partial charge in [-0.3, -0.25) is 24.5 Å². The number of sulfonamides is 1. The molecule has 0 N–H and O–H groups in total. The van der Waals surface area contributed by atoms with Crippen molar-refractivity contribution in [1.29, 1.82) is 5.26 Å². The van der Waals surface area contributed by atoms with E-state index in [2.05, 4.69) is 16.0 Å². The maximum absolute atomic E-state index is 14.9.